The molecule has 0 bridgehead atoms. The third-order valence-corrected chi connectivity index (χ3v) is 7.03. The van der Waals surface area contributed by atoms with Gasteiger partial charge in [0, 0.05) is 36.9 Å². The molecular formula is C23H27N5O3. The number of pyridine rings is 1. The molecule has 5 rings (SSSR count). The summed E-state index contributed by atoms with van der Waals surface area (Å²) >= 11 is 0. The van der Waals surface area contributed by atoms with Gasteiger partial charge < -0.3 is 14.6 Å². The fraction of sp³-hybridized carbons (Fsp3) is 0.478. The molecule has 31 heavy (non-hydrogen) atoms. The summed E-state index contributed by atoms with van der Waals surface area (Å²) in [4.78, 5) is 31.5. The lowest BCUT2D eigenvalue weighted by molar-refractivity contribution is 0.0667. The topological polar surface area (TPSA) is 104 Å². The number of aryl methyl sites for hydroxylation is 2. The molecule has 8 heteroatoms. The molecule has 3 aromatic rings. The number of carbonyl (C=O) groups excluding carboxylic acids is 2. The zero-order valence-electron chi connectivity index (χ0n) is 17.9. The maximum Gasteiger partial charge on any atom is 0.287 e. The summed E-state index contributed by atoms with van der Waals surface area (Å²) < 4.78 is 5.60. The Labute approximate surface area is 180 Å². The number of nitrogens with one attached hydrogen (secondary N) is 2. The third-order valence-electron chi connectivity index (χ3n) is 7.03. The van der Waals surface area contributed by atoms with Gasteiger partial charge in [-0.15, -0.1) is 0 Å². The van der Waals surface area contributed by atoms with Gasteiger partial charge in [-0.1, -0.05) is 6.92 Å². The minimum absolute atomic E-state index is 0.0860. The molecule has 1 saturated carbocycles. The fourth-order valence-corrected chi connectivity index (χ4v) is 4.96. The van der Waals surface area contributed by atoms with Gasteiger partial charge in [0.25, 0.3) is 11.8 Å². The van der Waals surface area contributed by atoms with Crippen LogP contribution in [0.15, 0.2) is 28.9 Å². The lowest BCUT2D eigenvalue weighted by Gasteiger charge is -2.33. The Morgan fingerprint density at radius 1 is 1.35 bits per heavy atom. The lowest BCUT2D eigenvalue weighted by atomic mass is 9.90. The molecule has 2 N–H and O–H groups in total. The molecule has 3 aromatic heterocycles. The molecule has 162 valence electrons. The number of aromatic nitrogens is 3. The molecule has 4 heterocycles. The summed E-state index contributed by atoms with van der Waals surface area (Å²) in [6.45, 7) is 6.08. The molecule has 1 spiro atoms. The first kappa shape index (κ1) is 19.8. The summed E-state index contributed by atoms with van der Waals surface area (Å²) in [7, 11) is 0. The number of nitrogens with zero attached hydrogens (tertiary/aromatic N) is 3. The van der Waals surface area contributed by atoms with E-state index in [9.17, 15) is 9.59 Å². The molecule has 1 aliphatic carbocycles. The SMILES string of the molecule is CCc1n[nH]c(C)c1C(=O)N1CCC2(CC1)CC2CNC(=O)c1cc2ccncc2o1. The number of aromatic amines is 1. The summed E-state index contributed by atoms with van der Waals surface area (Å²) in [6.07, 6.45) is 7.10. The molecule has 1 unspecified atom stereocenters. The normalized spacial score (nSPS) is 19.7. The van der Waals surface area contributed by atoms with Crippen molar-refractivity contribution in [3.05, 3.63) is 47.2 Å². The second kappa shape index (κ2) is 7.51. The Hall–Kier alpha value is -3.16. The maximum atomic E-state index is 13.0. The molecular weight excluding hydrogens is 394 g/mol. The van der Waals surface area contributed by atoms with Gasteiger partial charge in [-0.05, 0) is 56.1 Å². The number of amides is 2. The number of hydrogen-bond acceptors (Lipinski definition) is 5. The van der Waals surface area contributed by atoms with Crippen molar-refractivity contribution in [1.82, 2.24) is 25.4 Å². The standard InChI is InChI=1S/C23H27N5O3/c1-3-17-20(14(2)26-27-17)22(30)28-8-5-23(6-9-28)11-16(23)12-25-21(29)18-10-15-4-7-24-13-19(15)31-18/h4,7,10,13,16H,3,5-6,8-9,11-12H2,1-2H3,(H,25,29)(H,26,27). The second-order valence-corrected chi connectivity index (χ2v) is 8.81. The van der Waals surface area contributed by atoms with E-state index in [4.69, 9.17) is 4.42 Å². The molecule has 1 atom stereocenters. The zero-order chi connectivity index (χ0) is 21.6. The highest BCUT2D eigenvalue weighted by molar-refractivity contribution is 5.97. The third kappa shape index (κ3) is 3.49. The Kier molecular flexibility index (Phi) is 4.79. The van der Waals surface area contributed by atoms with Gasteiger partial charge in [-0.2, -0.15) is 5.10 Å². The van der Waals surface area contributed by atoms with Crippen LogP contribution in [0.25, 0.3) is 11.0 Å². The van der Waals surface area contributed by atoms with E-state index in [-0.39, 0.29) is 17.2 Å². The molecule has 1 aliphatic heterocycles. The van der Waals surface area contributed by atoms with Crippen LogP contribution in [-0.4, -0.2) is 51.5 Å². The van der Waals surface area contributed by atoms with Gasteiger partial charge in [0.15, 0.2) is 11.3 Å². The molecule has 0 radical (unpaired) electrons. The summed E-state index contributed by atoms with van der Waals surface area (Å²) in [5.74, 6) is 0.679. The average Bonchev–Trinajstić information content (AvgIpc) is 3.12. The van der Waals surface area contributed by atoms with Gasteiger partial charge >= 0.3 is 0 Å². The van der Waals surface area contributed by atoms with Gasteiger partial charge in [0.2, 0.25) is 0 Å². The van der Waals surface area contributed by atoms with Crippen LogP contribution >= 0.6 is 0 Å². The van der Waals surface area contributed by atoms with E-state index in [0.29, 0.717) is 23.8 Å². The van der Waals surface area contributed by atoms with Crippen LogP contribution in [0.2, 0.25) is 0 Å². The van der Waals surface area contributed by atoms with Crippen molar-refractivity contribution in [2.45, 2.75) is 39.5 Å². The van der Waals surface area contributed by atoms with Crippen LogP contribution in [0.5, 0.6) is 0 Å². The van der Waals surface area contributed by atoms with Crippen LogP contribution in [0.1, 0.15) is 58.5 Å². The van der Waals surface area contributed by atoms with Crippen molar-refractivity contribution in [2.24, 2.45) is 11.3 Å². The van der Waals surface area contributed by atoms with Gasteiger partial charge in [-0.25, -0.2) is 0 Å². The highest BCUT2D eigenvalue weighted by Gasteiger charge is 2.55. The predicted octanol–water partition coefficient (Wildman–Crippen LogP) is 3.09. The van der Waals surface area contributed by atoms with Gasteiger partial charge in [0.1, 0.15) is 0 Å². The van der Waals surface area contributed by atoms with E-state index >= 15 is 0 Å². The molecule has 8 nitrogen and oxygen atoms in total. The maximum absolute atomic E-state index is 13.0. The van der Waals surface area contributed by atoms with Gasteiger partial charge in [0.05, 0.1) is 17.5 Å². The first-order valence-electron chi connectivity index (χ1n) is 11.0. The first-order chi connectivity index (χ1) is 15.0. The Bertz CT molecular complexity index is 1110. The highest BCUT2D eigenvalue weighted by atomic mass is 16.3. The second-order valence-electron chi connectivity index (χ2n) is 8.81. The minimum atomic E-state index is -0.187. The number of H-pyrrole nitrogens is 1. The number of hydrogen-bond donors (Lipinski definition) is 2. The van der Waals surface area contributed by atoms with E-state index in [0.717, 1.165) is 61.1 Å². The van der Waals surface area contributed by atoms with E-state index < -0.39 is 0 Å². The van der Waals surface area contributed by atoms with Crippen molar-refractivity contribution in [3.8, 4) is 0 Å². The largest absolute Gasteiger partial charge is 0.449 e. The number of fused-ring (bicyclic) bond motifs is 1. The fourth-order valence-electron chi connectivity index (χ4n) is 4.96. The van der Waals surface area contributed by atoms with Crippen LogP contribution in [-0.2, 0) is 6.42 Å². The number of furan rings is 1. The summed E-state index contributed by atoms with van der Waals surface area (Å²) in [5.41, 5.74) is 3.29. The number of rotatable bonds is 5. The number of likely N-dealkylation sites (tertiary alicyclic amines) is 1. The van der Waals surface area contributed by atoms with Crippen molar-refractivity contribution >= 4 is 22.8 Å². The highest BCUT2D eigenvalue weighted by Crippen LogP contribution is 2.59. The van der Waals surface area contributed by atoms with Crippen LogP contribution in [0.4, 0.5) is 0 Å². The number of carbonyl (C=O) groups is 2. The Balaban J connectivity index is 1.15. The van der Waals surface area contributed by atoms with E-state index in [1.807, 2.05) is 24.8 Å². The summed E-state index contributed by atoms with van der Waals surface area (Å²) in [6, 6.07) is 3.58. The van der Waals surface area contributed by atoms with Crippen LogP contribution in [0, 0.1) is 18.3 Å². The first-order valence-corrected chi connectivity index (χ1v) is 11.0. The quantitative estimate of drug-likeness (QED) is 0.659. The van der Waals surface area contributed by atoms with E-state index in [1.54, 1.807) is 18.5 Å². The smallest absolute Gasteiger partial charge is 0.287 e. The molecule has 1 saturated heterocycles. The predicted molar refractivity (Wildman–Crippen MR) is 115 cm³/mol. The van der Waals surface area contributed by atoms with Crippen molar-refractivity contribution in [1.29, 1.82) is 0 Å². The lowest BCUT2D eigenvalue weighted by Crippen LogP contribution is -2.40. The Morgan fingerprint density at radius 3 is 2.90 bits per heavy atom. The van der Waals surface area contributed by atoms with Crippen molar-refractivity contribution < 1.29 is 14.0 Å². The Morgan fingerprint density at radius 2 is 2.16 bits per heavy atom. The molecule has 2 fully saturated rings. The minimum Gasteiger partial charge on any atom is -0.449 e. The van der Waals surface area contributed by atoms with Gasteiger partial charge in [-0.3, -0.25) is 19.7 Å². The van der Waals surface area contributed by atoms with E-state index in [2.05, 4.69) is 20.5 Å². The molecule has 0 aromatic carbocycles. The van der Waals surface area contributed by atoms with Crippen LogP contribution < -0.4 is 5.32 Å². The molecule has 2 aliphatic rings. The van der Waals surface area contributed by atoms with Crippen LogP contribution in [0.3, 0.4) is 0 Å². The summed E-state index contributed by atoms with van der Waals surface area (Å²) in [5, 5.41) is 11.1. The molecule has 2 amide bonds. The van der Waals surface area contributed by atoms with E-state index in [1.165, 1.54) is 0 Å². The number of piperidine rings is 1. The zero-order valence-corrected chi connectivity index (χ0v) is 17.9. The van der Waals surface area contributed by atoms with Crippen molar-refractivity contribution in [2.75, 3.05) is 19.6 Å². The monoisotopic (exact) mass is 421 g/mol. The van der Waals surface area contributed by atoms with Crippen molar-refractivity contribution in [3.63, 3.8) is 0 Å². The average molecular weight is 422 g/mol.